The molecular weight excluding hydrogens is 511 g/mol. The summed E-state index contributed by atoms with van der Waals surface area (Å²) in [6.45, 7) is 0.318. The monoisotopic (exact) mass is 532 g/mol. The number of rotatable bonds is 6. The molecule has 1 aliphatic rings. The van der Waals surface area contributed by atoms with E-state index >= 15 is 0 Å². The van der Waals surface area contributed by atoms with Crippen LogP contribution < -0.4 is 10.2 Å². The molecule has 2 amide bonds. The summed E-state index contributed by atoms with van der Waals surface area (Å²) in [5, 5.41) is 3.53. The second-order valence-corrected chi connectivity index (χ2v) is 10.4. The number of anilines is 1. The number of carbonyl (C=O) groups excluding carboxylic acids is 2. The average molecular weight is 533 g/mol. The molecule has 4 aromatic rings. The predicted octanol–water partition coefficient (Wildman–Crippen LogP) is 5.78. The first-order valence-electron chi connectivity index (χ1n) is 11.6. The van der Waals surface area contributed by atoms with E-state index in [-0.39, 0.29) is 18.0 Å². The van der Waals surface area contributed by atoms with Crippen molar-refractivity contribution >= 4 is 39.9 Å². The van der Waals surface area contributed by atoms with E-state index in [1.807, 2.05) is 12.1 Å². The average Bonchev–Trinajstić information content (AvgIpc) is 3.00. The van der Waals surface area contributed by atoms with Crippen molar-refractivity contribution in [1.29, 1.82) is 0 Å². The van der Waals surface area contributed by atoms with Crippen molar-refractivity contribution in [2.75, 3.05) is 11.4 Å². The number of hydrogen-bond acceptors (Lipinski definition) is 3. The topological polar surface area (TPSA) is 66.5 Å². The van der Waals surface area contributed by atoms with Crippen molar-refractivity contribution in [1.82, 2.24) is 5.32 Å². The van der Waals surface area contributed by atoms with Gasteiger partial charge in [-0.15, -0.1) is 0 Å². The van der Waals surface area contributed by atoms with E-state index in [1.165, 1.54) is 11.0 Å². The summed E-state index contributed by atoms with van der Waals surface area (Å²) in [6, 6.07) is 25.0. The number of halogens is 2. The molecule has 1 unspecified atom stereocenters. The van der Waals surface area contributed by atoms with Gasteiger partial charge in [0, 0.05) is 22.7 Å². The Kier molecular flexibility index (Phi) is 7.17. The molecule has 4 aromatic carbocycles. The third kappa shape index (κ3) is 5.19. The first kappa shape index (κ1) is 24.9. The summed E-state index contributed by atoms with van der Waals surface area (Å²) >= 11 is 5.93. The first-order valence-corrected chi connectivity index (χ1v) is 13.2. The van der Waals surface area contributed by atoms with Crippen molar-refractivity contribution in [2.45, 2.75) is 22.8 Å². The Bertz CT molecular complexity index is 1520. The first-order chi connectivity index (χ1) is 17.9. The fourth-order valence-corrected chi connectivity index (χ4v) is 5.70. The van der Waals surface area contributed by atoms with Gasteiger partial charge in [0.15, 0.2) is 0 Å². The standard InChI is InChI=1S/C29H22ClFN2O3S/c30-22-12-9-19(10-13-22)15-16-32-28(34)20-11-14-27-25(17-20)33(18-21-5-1-3-7-24(21)31)29(35)23-6-2-4-8-26(23)37(27)36/h1-14,17H,15-16,18H2,(H,32,34). The van der Waals surface area contributed by atoms with Crippen molar-refractivity contribution in [2.24, 2.45) is 0 Å². The van der Waals surface area contributed by atoms with Crippen molar-refractivity contribution in [3.63, 3.8) is 0 Å². The van der Waals surface area contributed by atoms with E-state index < -0.39 is 22.5 Å². The molecule has 37 heavy (non-hydrogen) atoms. The molecule has 0 aromatic heterocycles. The van der Waals surface area contributed by atoms with Gasteiger partial charge in [0.25, 0.3) is 11.8 Å². The third-order valence-corrected chi connectivity index (χ3v) is 7.92. The molecule has 5 rings (SSSR count). The number of nitrogens with one attached hydrogen (secondary N) is 1. The molecule has 1 aliphatic heterocycles. The van der Waals surface area contributed by atoms with Gasteiger partial charge in [-0.3, -0.25) is 9.59 Å². The van der Waals surface area contributed by atoms with Gasteiger partial charge < -0.3 is 10.2 Å². The highest BCUT2D eigenvalue weighted by Gasteiger charge is 2.32. The van der Waals surface area contributed by atoms with Crippen molar-refractivity contribution in [3.8, 4) is 0 Å². The predicted molar refractivity (Wildman–Crippen MR) is 142 cm³/mol. The molecule has 0 bridgehead atoms. The minimum absolute atomic E-state index is 0.0777. The number of hydrogen-bond donors (Lipinski definition) is 1. The molecule has 1 atom stereocenters. The highest BCUT2D eigenvalue weighted by molar-refractivity contribution is 7.85. The summed E-state index contributed by atoms with van der Waals surface area (Å²) in [4.78, 5) is 28.8. The normalized spacial score (nSPS) is 14.5. The maximum Gasteiger partial charge on any atom is 0.259 e. The fraction of sp³-hybridized carbons (Fsp3) is 0.103. The molecule has 8 heteroatoms. The highest BCUT2D eigenvalue weighted by atomic mass is 35.5. The van der Waals surface area contributed by atoms with Crippen molar-refractivity contribution in [3.05, 3.63) is 124 Å². The summed E-state index contributed by atoms with van der Waals surface area (Å²) in [6.07, 6.45) is 0.616. The molecule has 0 saturated heterocycles. The van der Waals surface area contributed by atoms with E-state index in [4.69, 9.17) is 11.6 Å². The molecule has 0 radical (unpaired) electrons. The van der Waals surface area contributed by atoms with Crippen LogP contribution in [0.5, 0.6) is 0 Å². The van der Waals surface area contributed by atoms with Gasteiger partial charge in [-0.2, -0.15) is 0 Å². The van der Waals surface area contributed by atoms with Gasteiger partial charge in [0.1, 0.15) is 5.82 Å². The second-order valence-electron chi connectivity index (χ2n) is 8.56. The smallest absolute Gasteiger partial charge is 0.259 e. The summed E-state index contributed by atoms with van der Waals surface area (Å²) in [5.74, 6) is -1.19. The fourth-order valence-electron chi connectivity index (χ4n) is 4.23. The summed E-state index contributed by atoms with van der Waals surface area (Å²) in [5.41, 5.74) is 2.24. The van der Waals surface area contributed by atoms with E-state index in [9.17, 15) is 18.2 Å². The van der Waals surface area contributed by atoms with E-state index in [2.05, 4.69) is 5.32 Å². The second kappa shape index (κ2) is 10.7. The van der Waals surface area contributed by atoms with Crippen LogP contribution in [0.15, 0.2) is 101 Å². The summed E-state index contributed by atoms with van der Waals surface area (Å²) in [7, 11) is -1.66. The number of carbonyl (C=O) groups is 2. The Morgan fingerprint density at radius 1 is 0.919 bits per heavy atom. The largest absolute Gasteiger partial charge is 0.352 e. The van der Waals surface area contributed by atoms with Crippen LogP contribution in [0.4, 0.5) is 10.1 Å². The van der Waals surface area contributed by atoms with Crippen LogP contribution in [0.2, 0.25) is 5.02 Å². The van der Waals surface area contributed by atoms with Crippen LogP contribution in [0.1, 0.15) is 31.8 Å². The van der Waals surface area contributed by atoms with Crippen LogP contribution in [0.3, 0.4) is 0 Å². The lowest BCUT2D eigenvalue weighted by Gasteiger charge is -2.24. The number of nitrogens with zero attached hydrogens (tertiary/aromatic N) is 1. The molecule has 186 valence electrons. The van der Waals surface area contributed by atoms with Crippen LogP contribution in [0, 0.1) is 5.82 Å². The van der Waals surface area contributed by atoms with E-state index in [0.717, 1.165) is 5.56 Å². The van der Waals surface area contributed by atoms with Crippen molar-refractivity contribution < 1.29 is 18.2 Å². The number of fused-ring (bicyclic) bond motifs is 2. The molecule has 0 spiro atoms. The van der Waals surface area contributed by atoms with Crippen LogP contribution in [-0.4, -0.2) is 22.6 Å². The third-order valence-electron chi connectivity index (χ3n) is 6.17. The maximum atomic E-state index is 14.6. The molecule has 0 aliphatic carbocycles. The lowest BCUT2D eigenvalue weighted by atomic mass is 10.1. The quantitative estimate of drug-likeness (QED) is 0.342. The molecule has 1 N–H and O–H groups in total. The number of amides is 2. The Morgan fingerprint density at radius 2 is 1.65 bits per heavy atom. The number of benzene rings is 4. The van der Waals surface area contributed by atoms with Gasteiger partial charge in [-0.25, -0.2) is 8.60 Å². The Morgan fingerprint density at radius 3 is 2.43 bits per heavy atom. The van der Waals surface area contributed by atoms with Crippen LogP contribution in [-0.2, 0) is 23.8 Å². The lowest BCUT2D eigenvalue weighted by molar-refractivity contribution is 0.0950. The van der Waals surface area contributed by atoms with E-state index in [1.54, 1.807) is 72.8 Å². The summed E-state index contributed by atoms with van der Waals surface area (Å²) < 4.78 is 28.1. The van der Waals surface area contributed by atoms with Crippen LogP contribution >= 0.6 is 11.6 Å². The van der Waals surface area contributed by atoms with E-state index in [0.29, 0.717) is 44.6 Å². The molecule has 0 saturated carbocycles. The Hall–Kier alpha value is -3.81. The van der Waals surface area contributed by atoms with Gasteiger partial charge in [0.2, 0.25) is 0 Å². The molecular formula is C29H22ClFN2O3S. The van der Waals surface area contributed by atoms with Gasteiger partial charge in [-0.1, -0.05) is 54.1 Å². The SMILES string of the molecule is O=C(NCCc1ccc(Cl)cc1)c1ccc2c(c1)N(Cc1ccccc1F)C(=O)c1ccccc1S2=O. The Labute approximate surface area is 221 Å². The minimum atomic E-state index is -1.66. The lowest BCUT2D eigenvalue weighted by Crippen LogP contribution is -2.31. The zero-order valence-corrected chi connectivity index (χ0v) is 21.2. The van der Waals surface area contributed by atoms with Gasteiger partial charge in [-0.05, 0) is 60.5 Å². The van der Waals surface area contributed by atoms with Crippen LogP contribution in [0.25, 0.3) is 0 Å². The molecule has 1 heterocycles. The molecule has 0 fully saturated rings. The maximum absolute atomic E-state index is 14.6. The zero-order chi connectivity index (χ0) is 25.9. The minimum Gasteiger partial charge on any atom is -0.352 e. The van der Waals surface area contributed by atoms with Gasteiger partial charge in [0.05, 0.1) is 38.4 Å². The molecule has 5 nitrogen and oxygen atoms in total. The Balaban J connectivity index is 1.47. The highest BCUT2D eigenvalue weighted by Crippen LogP contribution is 2.36. The zero-order valence-electron chi connectivity index (χ0n) is 19.6. The van der Waals surface area contributed by atoms with Gasteiger partial charge >= 0.3 is 0 Å².